The maximum absolute atomic E-state index is 14.0. The van der Waals surface area contributed by atoms with E-state index in [1.807, 2.05) is 85.1 Å². The molecule has 3 N–H and O–H groups in total. The van der Waals surface area contributed by atoms with Gasteiger partial charge in [0.25, 0.3) is 0 Å². The number of carbonyl (C=O) groups excluding carboxylic acids is 3. The number of alkyl carbamates (subject to hydrolysis) is 1. The van der Waals surface area contributed by atoms with Crippen LogP contribution >= 0.6 is 0 Å². The molecule has 2 aliphatic rings. The van der Waals surface area contributed by atoms with Crippen molar-refractivity contribution in [2.45, 2.75) is 63.7 Å². The molecule has 0 aliphatic carbocycles. The Morgan fingerprint density at radius 1 is 0.719 bits per heavy atom. The minimum absolute atomic E-state index is 0.0978. The Kier molecular flexibility index (Phi) is 10.5. The third kappa shape index (κ3) is 7.49. The molecule has 0 saturated carbocycles. The smallest absolute Gasteiger partial charge is 0.407 e. The van der Waals surface area contributed by atoms with E-state index >= 15 is 0 Å². The predicted octanol–water partition coefficient (Wildman–Crippen LogP) is 7.78. The highest BCUT2D eigenvalue weighted by Gasteiger charge is 2.39. The summed E-state index contributed by atoms with van der Waals surface area (Å²) in [4.78, 5) is 62.4. The Labute approximate surface area is 332 Å². The second-order valence-corrected chi connectivity index (χ2v) is 15.8. The van der Waals surface area contributed by atoms with Crippen molar-refractivity contribution in [2.75, 3.05) is 34.3 Å². The fraction of sp³-hybridized carbons (Fsp3) is 0.356. The average Bonchev–Trinajstić information content (AvgIpc) is 4.05. The first-order chi connectivity index (χ1) is 27.6. The zero-order valence-electron chi connectivity index (χ0n) is 33.2. The highest BCUT2D eigenvalue weighted by Crippen LogP contribution is 2.37. The first kappa shape index (κ1) is 37.9. The number of aromatic nitrogens is 4. The number of nitrogens with zero attached hydrogens (tertiary/aromatic N) is 5. The highest BCUT2D eigenvalue weighted by atomic mass is 16.5. The number of methoxy groups -OCH3 is 1. The molecule has 4 aromatic carbocycles. The number of aromatic amines is 2. The van der Waals surface area contributed by atoms with Crippen molar-refractivity contribution in [1.82, 2.24) is 40.0 Å². The Bertz CT molecular complexity index is 2400. The maximum Gasteiger partial charge on any atom is 0.407 e. The van der Waals surface area contributed by atoms with Gasteiger partial charge in [0.15, 0.2) is 0 Å². The van der Waals surface area contributed by atoms with E-state index in [9.17, 15) is 14.4 Å². The number of benzene rings is 4. The number of likely N-dealkylation sites (tertiary alicyclic amines) is 2. The molecular weight excluding hydrogens is 717 g/mol. The van der Waals surface area contributed by atoms with Crippen LogP contribution in [0.3, 0.4) is 0 Å². The number of rotatable bonds is 10. The van der Waals surface area contributed by atoms with Crippen LogP contribution < -0.4 is 5.32 Å². The topological polar surface area (TPSA) is 140 Å². The molecule has 12 nitrogen and oxygen atoms in total. The van der Waals surface area contributed by atoms with Crippen molar-refractivity contribution < 1.29 is 19.1 Å². The van der Waals surface area contributed by atoms with Crippen LogP contribution in [0.4, 0.5) is 4.79 Å². The van der Waals surface area contributed by atoms with Crippen LogP contribution in [-0.2, 0) is 14.3 Å². The second-order valence-electron chi connectivity index (χ2n) is 15.8. The normalized spacial score (nSPS) is 18.2. The van der Waals surface area contributed by atoms with Crippen molar-refractivity contribution in [2.24, 2.45) is 5.92 Å². The summed E-state index contributed by atoms with van der Waals surface area (Å²) in [5.74, 6) is 1.45. The monoisotopic (exact) mass is 766 g/mol. The summed E-state index contributed by atoms with van der Waals surface area (Å²) in [7, 11) is 5.21. The minimum atomic E-state index is -0.683. The lowest BCUT2D eigenvalue weighted by atomic mass is 10.00. The van der Waals surface area contributed by atoms with Gasteiger partial charge in [0, 0.05) is 13.1 Å². The lowest BCUT2D eigenvalue weighted by molar-refractivity contribution is -0.137. The lowest BCUT2D eigenvalue weighted by Gasteiger charge is -2.31. The van der Waals surface area contributed by atoms with Crippen LogP contribution in [0, 0.1) is 5.92 Å². The SMILES string of the molecule is COC(=O)NC(C(=O)N1CCCC1c1nc2ccc(-c3ccc(-c4ccc5nc(C6CCCN6C(=O)C(c6ccccc6)N(C)C)[nH]c5c4)cc3)cc2[nH]1)C(C)C. The Balaban J connectivity index is 0.982. The van der Waals surface area contributed by atoms with E-state index < -0.39 is 12.1 Å². The zero-order valence-corrected chi connectivity index (χ0v) is 33.2. The number of hydrogen-bond donors (Lipinski definition) is 3. The third-order valence-corrected chi connectivity index (χ3v) is 11.5. The standard InChI is InChI=1S/C45H50N8O4/c1-27(2)39(50-45(56)57-5)43(54)52-23-9-13-37(52)41-46-33-21-19-31(25-35(33)48-41)28-15-17-29(18-16-28)32-20-22-34-36(26-32)49-42(47-34)38-14-10-24-53(38)44(55)40(51(3)4)30-11-7-6-8-12-30/h6-8,11-12,15-22,25-27,37-40H,9-10,13-14,23-24H2,1-5H3,(H,46,48)(H,47,49)(H,50,56). The molecular formula is C45H50N8O4. The second kappa shape index (κ2) is 15.9. The van der Waals surface area contributed by atoms with Crippen LogP contribution in [-0.4, -0.2) is 92.9 Å². The van der Waals surface area contributed by atoms with Gasteiger partial charge in [0.1, 0.15) is 23.7 Å². The number of H-pyrrole nitrogens is 2. The van der Waals surface area contributed by atoms with Gasteiger partial charge in [-0.3, -0.25) is 14.5 Å². The van der Waals surface area contributed by atoms with Crippen molar-refractivity contribution >= 4 is 40.0 Å². The van der Waals surface area contributed by atoms with Crippen LogP contribution in [0.2, 0.25) is 0 Å². The van der Waals surface area contributed by atoms with E-state index in [4.69, 9.17) is 14.7 Å². The summed E-state index contributed by atoms with van der Waals surface area (Å²) >= 11 is 0. The molecule has 6 aromatic rings. The fourth-order valence-corrected chi connectivity index (χ4v) is 8.55. The summed E-state index contributed by atoms with van der Waals surface area (Å²) in [6.07, 6.45) is 2.84. The molecule has 2 fully saturated rings. The largest absolute Gasteiger partial charge is 0.453 e. The maximum atomic E-state index is 14.0. The first-order valence-electron chi connectivity index (χ1n) is 19.9. The molecule has 3 amide bonds. The highest BCUT2D eigenvalue weighted by molar-refractivity contribution is 5.88. The molecule has 0 spiro atoms. The van der Waals surface area contributed by atoms with Crippen LogP contribution in [0.15, 0.2) is 91.0 Å². The summed E-state index contributed by atoms with van der Waals surface area (Å²) in [5, 5.41) is 2.72. The summed E-state index contributed by atoms with van der Waals surface area (Å²) < 4.78 is 4.78. The van der Waals surface area contributed by atoms with Crippen LogP contribution in [0.5, 0.6) is 0 Å². The molecule has 4 heterocycles. The van der Waals surface area contributed by atoms with Crippen molar-refractivity contribution in [3.8, 4) is 22.3 Å². The summed E-state index contributed by atoms with van der Waals surface area (Å²) in [5.41, 5.74) is 8.85. The van der Waals surface area contributed by atoms with Gasteiger partial charge in [0.05, 0.1) is 41.3 Å². The molecule has 12 heteroatoms. The van der Waals surface area contributed by atoms with E-state index in [2.05, 4.69) is 63.8 Å². The molecule has 4 atom stereocenters. The number of likely N-dealkylation sites (N-methyl/N-ethyl adjacent to an activating group) is 1. The van der Waals surface area contributed by atoms with E-state index in [0.717, 1.165) is 87.2 Å². The Morgan fingerprint density at radius 3 is 1.68 bits per heavy atom. The minimum Gasteiger partial charge on any atom is -0.453 e. The molecule has 8 rings (SSSR count). The van der Waals surface area contributed by atoms with Gasteiger partial charge in [-0.2, -0.15) is 0 Å². The molecule has 0 bridgehead atoms. The molecule has 2 aliphatic heterocycles. The van der Waals surface area contributed by atoms with Crippen LogP contribution in [0.1, 0.15) is 74.9 Å². The van der Waals surface area contributed by atoms with E-state index in [1.54, 1.807) is 0 Å². The number of hydrogen-bond acceptors (Lipinski definition) is 7. The summed E-state index contributed by atoms with van der Waals surface area (Å²) in [6.45, 7) is 5.14. The molecule has 57 heavy (non-hydrogen) atoms. The van der Waals surface area contributed by atoms with E-state index in [-0.39, 0.29) is 35.9 Å². The van der Waals surface area contributed by atoms with Gasteiger partial charge in [-0.05, 0) is 97.8 Å². The van der Waals surface area contributed by atoms with Crippen molar-refractivity contribution in [1.29, 1.82) is 0 Å². The number of fused-ring (bicyclic) bond motifs is 2. The fourth-order valence-electron chi connectivity index (χ4n) is 8.55. The Morgan fingerprint density at radius 2 is 1.21 bits per heavy atom. The number of ether oxygens (including phenoxy) is 1. The molecule has 4 unspecified atom stereocenters. The van der Waals surface area contributed by atoms with Crippen LogP contribution in [0.25, 0.3) is 44.3 Å². The predicted molar refractivity (Wildman–Crippen MR) is 221 cm³/mol. The third-order valence-electron chi connectivity index (χ3n) is 11.5. The quantitative estimate of drug-likeness (QED) is 0.129. The number of carbonyl (C=O) groups is 3. The molecule has 2 aromatic heterocycles. The van der Waals surface area contributed by atoms with Gasteiger partial charge in [-0.1, -0.05) is 80.6 Å². The molecule has 0 radical (unpaired) electrons. The Hall–Kier alpha value is -6.01. The lowest BCUT2D eigenvalue weighted by Crippen LogP contribution is -2.51. The van der Waals surface area contributed by atoms with E-state index in [0.29, 0.717) is 13.1 Å². The molecule has 294 valence electrons. The van der Waals surface area contributed by atoms with Gasteiger partial charge in [-0.15, -0.1) is 0 Å². The van der Waals surface area contributed by atoms with Crippen molar-refractivity contribution in [3.05, 3.63) is 108 Å². The summed E-state index contributed by atoms with van der Waals surface area (Å²) in [6, 6.07) is 29.6. The van der Waals surface area contributed by atoms with E-state index in [1.165, 1.54) is 7.11 Å². The zero-order chi connectivity index (χ0) is 39.8. The number of nitrogens with one attached hydrogen (secondary N) is 3. The molecule has 2 saturated heterocycles. The number of imidazole rings is 2. The van der Waals surface area contributed by atoms with Gasteiger partial charge >= 0.3 is 6.09 Å². The number of amides is 3. The first-order valence-corrected chi connectivity index (χ1v) is 19.9. The van der Waals surface area contributed by atoms with Gasteiger partial charge < -0.3 is 29.8 Å². The van der Waals surface area contributed by atoms with Crippen molar-refractivity contribution in [3.63, 3.8) is 0 Å². The average molecular weight is 767 g/mol. The van der Waals surface area contributed by atoms with Gasteiger partial charge in [-0.25, -0.2) is 14.8 Å². The van der Waals surface area contributed by atoms with Gasteiger partial charge in [0.2, 0.25) is 11.8 Å².